The Morgan fingerprint density at radius 3 is 2.30 bits per heavy atom. The quantitative estimate of drug-likeness (QED) is 0.645. The molecule has 0 bridgehead atoms. The lowest BCUT2D eigenvalue weighted by molar-refractivity contribution is -0.168. The van der Waals surface area contributed by atoms with Crippen molar-refractivity contribution in [2.75, 3.05) is 13.7 Å². The van der Waals surface area contributed by atoms with Crippen LogP contribution in [-0.2, 0) is 28.7 Å². The zero-order valence-corrected chi connectivity index (χ0v) is 11.9. The van der Waals surface area contributed by atoms with Crippen molar-refractivity contribution in [1.82, 2.24) is 10.0 Å². The molecular formula is C12H18N2O6. The summed E-state index contributed by atoms with van der Waals surface area (Å²) in [5, 5.41) is 2.39. The van der Waals surface area contributed by atoms with Crippen molar-refractivity contribution < 1.29 is 28.7 Å². The van der Waals surface area contributed by atoms with E-state index in [-0.39, 0.29) is 24.8 Å². The van der Waals surface area contributed by atoms with E-state index >= 15 is 0 Å². The van der Waals surface area contributed by atoms with Crippen LogP contribution in [0.15, 0.2) is 0 Å². The highest BCUT2D eigenvalue weighted by Crippen LogP contribution is 2.23. The van der Waals surface area contributed by atoms with Crippen molar-refractivity contribution in [3.8, 4) is 0 Å². The molecule has 8 heteroatoms. The van der Waals surface area contributed by atoms with Gasteiger partial charge in [0.25, 0.3) is 0 Å². The third-order valence-corrected chi connectivity index (χ3v) is 2.90. The van der Waals surface area contributed by atoms with Crippen LogP contribution in [0.5, 0.6) is 0 Å². The molecule has 1 heterocycles. The van der Waals surface area contributed by atoms with Crippen LogP contribution in [0.4, 0.5) is 0 Å². The Labute approximate surface area is 116 Å². The summed E-state index contributed by atoms with van der Waals surface area (Å²) in [6.07, 6.45) is -0.871. The molecule has 0 N–H and O–H groups in total. The Bertz CT molecular complexity index is 436. The van der Waals surface area contributed by atoms with E-state index in [1.54, 1.807) is 0 Å². The fourth-order valence-corrected chi connectivity index (χ4v) is 2.11. The van der Waals surface area contributed by atoms with Crippen LogP contribution in [0.3, 0.4) is 0 Å². The third kappa shape index (κ3) is 3.69. The number of rotatable bonds is 4. The molecule has 2 amide bonds. The standard InChI is InChI=1S/C12H18N2O6/c1-7(15)14-10(5-12(18)13(14)4)11(20-9(3)17)6-19-8(2)16/h10-11H,5-6H2,1-4H3/t10-,11+/m0/s1. The van der Waals surface area contributed by atoms with Gasteiger partial charge in [-0.15, -0.1) is 0 Å². The molecule has 0 aliphatic carbocycles. The molecule has 2 atom stereocenters. The number of hydrazine groups is 1. The zero-order valence-electron chi connectivity index (χ0n) is 11.9. The van der Waals surface area contributed by atoms with Gasteiger partial charge in [0, 0.05) is 27.8 Å². The molecule has 0 saturated carbocycles. The van der Waals surface area contributed by atoms with Crippen molar-refractivity contribution in [3.05, 3.63) is 0 Å². The van der Waals surface area contributed by atoms with E-state index in [1.807, 2.05) is 0 Å². The molecule has 0 spiro atoms. The molecule has 20 heavy (non-hydrogen) atoms. The first-order chi connectivity index (χ1) is 9.23. The Hall–Kier alpha value is -2.12. The number of carbonyl (C=O) groups excluding carboxylic acids is 4. The van der Waals surface area contributed by atoms with E-state index in [0.717, 1.165) is 0 Å². The Morgan fingerprint density at radius 2 is 1.85 bits per heavy atom. The topological polar surface area (TPSA) is 93.2 Å². The van der Waals surface area contributed by atoms with Gasteiger partial charge < -0.3 is 9.47 Å². The van der Waals surface area contributed by atoms with Gasteiger partial charge in [0.05, 0.1) is 6.42 Å². The second kappa shape index (κ2) is 6.36. The number of amides is 2. The van der Waals surface area contributed by atoms with Gasteiger partial charge in [0.15, 0.2) is 6.10 Å². The summed E-state index contributed by atoms with van der Waals surface area (Å²) in [6.45, 7) is 3.53. The van der Waals surface area contributed by atoms with Crippen LogP contribution in [0.2, 0.25) is 0 Å². The number of ether oxygens (including phenoxy) is 2. The van der Waals surface area contributed by atoms with Crippen LogP contribution >= 0.6 is 0 Å². The SMILES string of the molecule is CC(=O)OC[C@@H](OC(C)=O)[C@@H]1CC(=O)N(C)N1C(C)=O. The van der Waals surface area contributed by atoms with E-state index in [0.29, 0.717) is 0 Å². The molecule has 8 nitrogen and oxygen atoms in total. The Balaban J connectivity index is 2.92. The number of hydrogen-bond acceptors (Lipinski definition) is 6. The zero-order chi connectivity index (χ0) is 15.4. The summed E-state index contributed by atoms with van der Waals surface area (Å²) in [4.78, 5) is 45.3. The van der Waals surface area contributed by atoms with Crippen LogP contribution in [0.1, 0.15) is 27.2 Å². The summed E-state index contributed by atoms with van der Waals surface area (Å²) in [6, 6.07) is -0.673. The average molecular weight is 286 g/mol. The van der Waals surface area contributed by atoms with E-state index in [9.17, 15) is 19.2 Å². The average Bonchev–Trinajstić information content (AvgIpc) is 2.60. The molecule has 0 aromatic heterocycles. The van der Waals surface area contributed by atoms with Crippen molar-refractivity contribution >= 4 is 23.8 Å². The van der Waals surface area contributed by atoms with Crippen molar-refractivity contribution in [3.63, 3.8) is 0 Å². The lowest BCUT2D eigenvalue weighted by Gasteiger charge is -2.32. The molecule has 0 aromatic rings. The summed E-state index contributed by atoms with van der Waals surface area (Å²) in [5.74, 6) is -1.74. The van der Waals surface area contributed by atoms with Crippen LogP contribution in [0, 0.1) is 0 Å². The molecule has 1 rings (SSSR count). The molecule has 0 unspecified atom stereocenters. The van der Waals surface area contributed by atoms with Gasteiger partial charge in [0.2, 0.25) is 11.8 Å². The van der Waals surface area contributed by atoms with Gasteiger partial charge in [-0.3, -0.25) is 24.2 Å². The fourth-order valence-electron chi connectivity index (χ4n) is 2.11. The first-order valence-electron chi connectivity index (χ1n) is 6.11. The lowest BCUT2D eigenvalue weighted by Crippen LogP contribution is -2.50. The molecule has 1 fully saturated rings. The Morgan fingerprint density at radius 1 is 1.25 bits per heavy atom. The van der Waals surface area contributed by atoms with Crippen molar-refractivity contribution in [2.24, 2.45) is 0 Å². The van der Waals surface area contributed by atoms with Crippen molar-refractivity contribution in [1.29, 1.82) is 0 Å². The van der Waals surface area contributed by atoms with E-state index < -0.39 is 24.1 Å². The van der Waals surface area contributed by atoms with Crippen LogP contribution < -0.4 is 0 Å². The summed E-state index contributed by atoms with van der Waals surface area (Å²) < 4.78 is 9.90. The molecule has 1 aliphatic rings. The number of hydrogen-bond donors (Lipinski definition) is 0. The molecule has 1 saturated heterocycles. The van der Waals surface area contributed by atoms with Crippen LogP contribution in [-0.4, -0.2) is 59.6 Å². The molecule has 0 radical (unpaired) electrons. The normalized spacial score (nSPS) is 19.8. The highest BCUT2D eigenvalue weighted by Gasteiger charge is 2.43. The summed E-state index contributed by atoms with van der Waals surface area (Å²) >= 11 is 0. The van der Waals surface area contributed by atoms with Gasteiger partial charge in [-0.25, -0.2) is 5.01 Å². The van der Waals surface area contributed by atoms with Gasteiger partial charge >= 0.3 is 11.9 Å². The lowest BCUT2D eigenvalue weighted by atomic mass is 10.1. The maximum Gasteiger partial charge on any atom is 0.303 e. The van der Waals surface area contributed by atoms with Gasteiger partial charge in [-0.1, -0.05) is 0 Å². The van der Waals surface area contributed by atoms with E-state index in [2.05, 4.69) is 0 Å². The van der Waals surface area contributed by atoms with E-state index in [4.69, 9.17) is 9.47 Å². The highest BCUT2D eigenvalue weighted by atomic mass is 16.6. The Kier molecular flexibility index (Phi) is 5.06. The predicted molar refractivity (Wildman–Crippen MR) is 65.9 cm³/mol. The van der Waals surface area contributed by atoms with Gasteiger partial charge in [-0.05, 0) is 0 Å². The summed E-state index contributed by atoms with van der Waals surface area (Å²) in [7, 11) is 1.46. The molecule has 1 aliphatic heterocycles. The minimum atomic E-state index is -0.880. The van der Waals surface area contributed by atoms with Gasteiger partial charge in [-0.2, -0.15) is 0 Å². The number of esters is 2. The first-order valence-corrected chi connectivity index (χ1v) is 6.11. The van der Waals surface area contributed by atoms with Crippen LogP contribution in [0.25, 0.3) is 0 Å². The maximum absolute atomic E-state index is 11.7. The third-order valence-electron chi connectivity index (χ3n) is 2.90. The van der Waals surface area contributed by atoms with Crippen molar-refractivity contribution in [2.45, 2.75) is 39.3 Å². The minimum Gasteiger partial charge on any atom is -0.462 e. The second-order valence-electron chi connectivity index (χ2n) is 4.50. The highest BCUT2D eigenvalue weighted by molar-refractivity contribution is 5.85. The number of carbonyl (C=O) groups is 4. The summed E-state index contributed by atoms with van der Waals surface area (Å²) in [5.41, 5.74) is 0. The van der Waals surface area contributed by atoms with Gasteiger partial charge in [0.1, 0.15) is 12.6 Å². The molecule has 112 valence electrons. The molecular weight excluding hydrogens is 268 g/mol. The monoisotopic (exact) mass is 286 g/mol. The second-order valence-corrected chi connectivity index (χ2v) is 4.50. The largest absolute Gasteiger partial charge is 0.462 e. The smallest absolute Gasteiger partial charge is 0.303 e. The predicted octanol–water partition coefficient (Wildman–Crippen LogP) is -0.525. The minimum absolute atomic E-state index is 0.00922. The molecule has 0 aromatic carbocycles. The van der Waals surface area contributed by atoms with E-state index in [1.165, 1.54) is 37.8 Å². The fraction of sp³-hybridized carbons (Fsp3) is 0.667. The first kappa shape index (κ1) is 15.9. The number of nitrogens with zero attached hydrogens (tertiary/aromatic N) is 2. The maximum atomic E-state index is 11.7.